The van der Waals surface area contributed by atoms with Crippen LogP contribution in [0.4, 0.5) is 0 Å². The molecule has 5 heteroatoms. The zero-order valence-corrected chi connectivity index (χ0v) is 10.7. The fourth-order valence-electron chi connectivity index (χ4n) is 2.23. The number of aryl methyl sites for hydroxylation is 1. The minimum Gasteiger partial charge on any atom is -0.317 e. The van der Waals surface area contributed by atoms with E-state index in [-0.39, 0.29) is 0 Å². The summed E-state index contributed by atoms with van der Waals surface area (Å²) in [6, 6.07) is 0.659. The number of nitrogens with one attached hydrogen (secondary N) is 1. The van der Waals surface area contributed by atoms with Crippen molar-refractivity contribution < 1.29 is 0 Å². The van der Waals surface area contributed by atoms with Crippen LogP contribution in [-0.4, -0.2) is 40.9 Å². The number of piperidine rings is 1. The second-order valence-corrected chi connectivity index (χ2v) is 4.87. The van der Waals surface area contributed by atoms with Crippen LogP contribution in [0.2, 0.25) is 5.02 Å². The van der Waals surface area contributed by atoms with Crippen molar-refractivity contribution in [1.29, 1.82) is 0 Å². The van der Waals surface area contributed by atoms with Crippen molar-refractivity contribution in [3.63, 3.8) is 0 Å². The molecule has 90 valence electrons. The van der Waals surface area contributed by atoms with Crippen LogP contribution in [0, 0.1) is 0 Å². The fourth-order valence-corrected chi connectivity index (χ4v) is 2.45. The van der Waals surface area contributed by atoms with Crippen LogP contribution in [0.15, 0.2) is 6.20 Å². The van der Waals surface area contributed by atoms with Gasteiger partial charge in [-0.25, -0.2) is 0 Å². The van der Waals surface area contributed by atoms with Crippen molar-refractivity contribution >= 4 is 11.6 Å². The molecule has 0 unspecified atom stereocenters. The fraction of sp³-hybridized carbons (Fsp3) is 0.727. The van der Waals surface area contributed by atoms with Crippen LogP contribution < -0.4 is 5.32 Å². The zero-order valence-electron chi connectivity index (χ0n) is 9.91. The third-order valence-corrected chi connectivity index (χ3v) is 3.66. The molecule has 0 spiro atoms. The van der Waals surface area contributed by atoms with Gasteiger partial charge in [0.05, 0.1) is 16.9 Å². The second kappa shape index (κ2) is 5.17. The first-order chi connectivity index (χ1) is 7.68. The van der Waals surface area contributed by atoms with E-state index in [0.29, 0.717) is 6.04 Å². The van der Waals surface area contributed by atoms with Crippen LogP contribution >= 0.6 is 11.6 Å². The van der Waals surface area contributed by atoms with Crippen LogP contribution in [0.3, 0.4) is 0 Å². The van der Waals surface area contributed by atoms with Crippen LogP contribution in [-0.2, 0) is 13.6 Å². The normalized spacial score (nSPS) is 18.2. The van der Waals surface area contributed by atoms with Gasteiger partial charge >= 0.3 is 0 Å². The van der Waals surface area contributed by atoms with Gasteiger partial charge in [-0.1, -0.05) is 11.6 Å². The van der Waals surface area contributed by atoms with Gasteiger partial charge in [-0.05, 0) is 33.0 Å². The molecule has 0 radical (unpaired) electrons. The van der Waals surface area contributed by atoms with Crippen molar-refractivity contribution in [3.05, 3.63) is 16.9 Å². The predicted octanol–water partition coefficient (Wildman–Crippen LogP) is 1.26. The molecule has 2 rings (SSSR count). The molecule has 1 N–H and O–H groups in total. The van der Waals surface area contributed by atoms with E-state index in [2.05, 4.69) is 22.4 Å². The van der Waals surface area contributed by atoms with Crippen molar-refractivity contribution in [2.45, 2.75) is 25.4 Å². The predicted molar refractivity (Wildman–Crippen MR) is 65.6 cm³/mol. The summed E-state index contributed by atoms with van der Waals surface area (Å²) in [5, 5.41) is 8.31. The minimum absolute atomic E-state index is 0.659. The second-order valence-electron chi connectivity index (χ2n) is 4.46. The molecule has 1 fully saturated rings. The summed E-state index contributed by atoms with van der Waals surface area (Å²) in [4.78, 5) is 2.38. The molecule has 0 bridgehead atoms. The number of aromatic nitrogens is 2. The van der Waals surface area contributed by atoms with Gasteiger partial charge in [0, 0.05) is 19.6 Å². The molecule has 0 aliphatic carbocycles. The third-order valence-electron chi connectivity index (χ3n) is 3.34. The van der Waals surface area contributed by atoms with Crippen molar-refractivity contribution in [3.8, 4) is 0 Å². The summed E-state index contributed by atoms with van der Waals surface area (Å²) < 4.78 is 1.86. The van der Waals surface area contributed by atoms with Crippen LogP contribution in [0.1, 0.15) is 18.5 Å². The van der Waals surface area contributed by atoms with Gasteiger partial charge < -0.3 is 5.32 Å². The first kappa shape index (κ1) is 11.9. The smallest absolute Gasteiger partial charge is 0.0831 e. The standard InChI is InChI=1S/C11H19ClN4/c1-15(9-3-5-13-6-4-9)8-11-10(12)7-14-16(11)2/h7,9,13H,3-6,8H2,1-2H3. The Bertz CT molecular complexity index is 324. The average Bonchev–Trinajstić information content (AvgIpc) is 2.62. The molecular weight excluding hydrogens is 224 g/mol. The maximum Gasteiger partial charge on any atom is 0.0831 e. The Balaban J connectivity index is 1.98. The monoisotopic (exact) mass is 242 g/mol. The molecule has 1 aliphatic rings. The van der Waals surface area contributed by atoms with E-state index < -0.39 is 0 Å². The number of hydrogen-bond acceptors (Lipinski definition) is 3. The molecule has 2 heterocycles. The lowest BCUT2D eigenvalue weighted by Crippen LogP contribution is -2.41. The third kappa shape index (κ3) is 2.56. The maximum absolute atomic E-state index is 6.11. The summed E-state index contributed by atoms with van der Waals surface area (Å²) in [6.07, 6.45) is 4.14. The minimum atomic E-state index is 0.659. The first-order valence-corrected chi connectivity index (χ1v) is 6.13. The summed E-state index contributed by atoms with van der Waals surface area (Å²) in [5.74, 6) is 0. The van der Waals surface area contributed by atoms with E-state index in [9.17, 15) is 0 Å². The molecule has 1 aromatic heterocycles. The molecule has 1 aliphatic heterocycles. The highest BCUT2D eigenvalue weighted by atomic mass is 35.5. The van der Waals surface area contributed by atoms with E-state index in [1.54, 1.807) is 6.20 Å². The van der Waals surface area contributed by atoms with E-state index in [0.717, 1.165) is 30.4 Å². The Morgan fingerprint density at radius 2 is 2.25 bits per heavy atom. The van der Waals surface area contributed by atoms with Crippen LogP contribution in [0.5, 0.6) is 0 Å². The molecule has 0 amide bonds. The summed E-state index contributed by atoms with van der Waals surface area (Å²) >= 11 is 6.11. The highest BCUT2D eigenvalue weighted by Crippen LogP contribution is 2.18. The molecule has 16 heavy (non-hydrogen) atoms. The molecular formula is C11H19ClN4. The summed E-state index contributed by atoms with van der Waals surface area (Å²) in [5.41, 5.74) is 1.10. The highest BCUT2D eigenvalue weighted by molar-refractivity contribution is 6.31. The van der Waals surface area contributed by atoms with Gasteiger partial charge in [0.25, 0.3) is 0 Å². The van der Waals surface area contributed by atoms with Crippen molar-refractivity contribution in [2.24, 2.45) is 7.05 Å². The maximum atomic E-state index is 6.11. The largest absolute Gasteiger partial charge is 0.317 e. The van der Waals surface area contributed by atoms with Gasteiger partial charge in [0.2, 0.25) is 0 Å². The van der Waals surface area contributed by atoms with Gasteiger partial charge in [-0.3, -0.25) is 9.58 Å². The molecule has 1 saturated heterocycles. The number of nitrogens with zero attached hydrogens (tertiary/aromatic N) is 3. The lowest BCUT2D eigenvalue weighted by Gasteiger charge is -2.31. The van der Waals surface area contributed by atoms with E-state index >= 15 is 0 Å². The number of rotatable bonds is 3. The van der Waals surface area contributed by atoms with E-state index in [1.807, 2.05) is 11.7 Å². The van der Waals surface area contributed by atoms with Crippen LogP contribution in [0.25, 0.3) is 0 Å². The highest BCUT2D eigenvalue weighted by Gasteiger charge is 2.19. The lowest BCUT2D eigenvalue weighted by molar-refractivity contribution is 0.188. The lowest BCUT2D eigenvalue weighted by atomic mass is 10.1. The van der Waals surface area contributed by atoms with Gasteiger partial charge in [0.1, 0.15) is 0 Å². The number of halogens is 1. The van der Waals surface area contributed by atoms with Crippen molar-refractivity contribution in [2.75, 3.05) is 20.1 Å². The quantitative estimate of drug-likeness (QED) is 0.867. The Morgan fingerprint density at radius 3 is 2.81 bits per heavy atom. The molecule has 1 aromatic rings. The summed E-state index contributed by atoms with van der Waals surface area (Å²) in [7, 11) is 4.11. The Labute approximate surface area is 102 Å². The SMILES string of the molecule is CN(Cc1c(Cl)cnn1C)C1CCNCC1. The zero-order chi connectivity index (χ0) is 11.5. The Kier molecular flexibility index (Phi) is 3.84. The molecule has 0 saturated carbocycles. The molecule has 0 atom stereocenters. The van der Waals surface area contributed by atoms with Gasteiger partial charge in [-0.2, -0.15) is 5.10 Å². The Hall–Kier alpha value is -0.580. The van der Waals surface area contributed by atoms with E-state index in [1.165, 1.54) is 12.8 Å². The van der Waals surface area contributed by atoms with Crippen molar-refractivity contribution in [1.82, 2.24) is 20.0 Å². The number of hydrogen-bond donors (Lipinski definition) is 1. The van der Waals surface area contributed by atoms with E-state index in [4.69, 9.17) is 11.6 Å². The van der Waals surface area contributed by atoms with Gasteiger partial charge in [0.15, 0.2) is 0 Å². The summed E-state index contributed by atoms with van der Waals surface area (Å²) in [6.45, 7) is 3.11. The molecule has 0 aromatic carbocycles. The molecule has 4 nitrogen and oxygen atoms in total. The topological polar surface area (TPSA) is 33.1 Å². The average molecular weight is 243 g/mol. The van der Waals surface area contributed by atoms with Gasteiger partial charge in [-0.15, -0.1) is 0 Å². The first-order valence-electron chi connectivity index (χ1n) is 5.76. The Morgan fingerprint density at radius 1 is 1.56 bits per heavy atom.